The number of aryl methyl sites for hydroxylation is 1. The number of benzene rings is 2. The quantitative estimate of drug-likeness (QED) is 0.316. The highest BCUT2D eigenvalue weighted by Crippen LogP contribution is 2.41. The molecule has 36 heavy (non-hydrogen) atoms. The number of rotatable bonds is 8. The fraction of sp³-hybridized carbons (Fsp3) is 0.407. The highest BCUT2D eigenvalue weighted by Gasteiger charge is 2.44. The molecule has 2 saturated heterocycles. The van der Waals surface area contributed by atoms with Crippen LogP contribution in [0.5, 0.6) is 17.2 Å². The van der Waals surface area contributed by atoms with E-state index in [9.17, 15) is 14.7 Å². The largest absolute Gasteiger partial charge is 0.872 e. The van der Waals surface area contributed by atoms with Crippen molar-refractivity contribution in [3.05, 3.63) is 58.7 Å². The Morgan fingerprint density at radius 3 is 2.31 bits per heavy atom. The van der Waals surface area contributed by atoms with Crippen molar-refractivity contribution in [3.63, 3.8) is 0 Å². The van der Waals surface area contributed by atoms with Crippen molar-refractivity contribution in [2.24, 2.45) is 0 Å². The lowest BCUT2D eigenvalue weighted by Crippen LogP contribution is -3.14. The number of ether oxygens (including phenoxy) is 4. The molecule has 2 fully saturated rings. The smallest absolute Gasteiger partial charge is 0.295 e. The molecule has 2 aliphatic rings. The molecule has 2 aromatic rings. The van der Waals surface area contributed by atoms with Crippen LogP contribution in [0.2, 0.25) is 0 Å². The molecule has 1 atom stereocenters. The Balaban J connectivity index is 1.79. The summed E-state index contributed by atoms with van der Waals surface area (Å²) in [6, 6.07) is 9.35. The number of methoxy groups -OCH3 is 3. The average Bonchev–Trinajstić information content (AvgIpc) is 3.16. The van der Waals surface area contributed by atoms with Gasteiger partial charge in [-0.15, -0.1) is 0 Å². The Kier molecular flexibility index (Phi) is 7.81. The summed E-state index contributed by atoms with van der Waals surface area (Å²) in [4.78, 5) is 29.3. The van der Waals surface area contributed by atoms with Gasteiger partial charge < -0.3 is 33.9 Å². The number of morpholine rings is 1. The number of nitrogens with zero attached hydrogens (tertiary/aromatic N) is 1. The summed E-state index contributed by atoms with van der Waals surface area (Å²) in [5, 5.41) is 13.7. The first-order valence-electron chi connectivity index (χ1n) is 11.9. The number of carbonyl (C=O) groups is 2. The average molecular weight is 497 g/mol. The van der Waals surface area contributed by atoms with Crippen molar-refractivity contribution in [2.45, 2.75) is 13.0 Å². The first-order chi connectivity index (χ1) is 17.4. The predicted octanol–water partition coefficient (Wildman–Crippen LogP) is 0.160. The predicted molar refractivity (Wildman–Crippen MR) is 130 cm³/mol. The zero-order valence-electron chi connectivity index (χ0n) is 21.1. The number of amides is 1. The monoisotopic (exact) mass is 496 g/mol. The van der Waals surface area contributed by atoms with Crippen molar-refractivity contribution in [3.8, 4) is 17.2 Å². The third kappa shape index (κ3) is 4.89. The lowest BCUT2D eigenvalue weighted by Gasteiger charge is -2.30. The van der Waals surface area contributed by atoms with Gasteiger partial charge in [-0.1, -0.05) is 17.9 Å². The minimum Gasteiger partial charge on any atom is -0.872 e. The van der Waals surface area contributed by atoms with Gasteiger partial charge in [0, 0.05) is 5.57 Å². The van der Waals surface area contributed by atoms with E-state index in [0.29, 0.717) is 54.7 Å². The van der Waals surface area contributed by atoms with Gasteiger partial charge in [0.15, 0.2) is 11.5 Å². The lowest BCUT2D eigenvalue weighted by atomic mass is 9.94. The molecule has 0 aliphatic carbocycles. The first-order valence-corrected chi connectivity index (χ1v) is 11.9. The molecule has 2 aliphatic heterocycles. The minimum absolute atomic E-state index is 0.0613. The van der Waals surface area contributed by atoms with E-state index >= 15 is 0 Å². The van der Waals surface area contributed by atoms with Crippen LogP contribution in [-0.2, 0) is 14.3 Å². The third-order valence-electron chi connectivity index (χ3n) is 6.82. The number of quaternary nitrogens is 1. The zero-order valence-corrected chi connectivity index (χ0v) is 21.1. The van der Waals surface area contributed by atoms with Crippen LogP contribution in [0.15, 0.2) is 42.0 Å². The van der Waals surface area contributed by atoms with E-state index in [1.54, 1.807) is 43.5 Å². The van der Waals surface area contributed by atoms with E-state index in [1.807, 2.05) is 6.92 Å². The van der Waals surface area contributed by atoms with Gasteiger partial charge >= 0.3 is 0 Å². The third-order valence-corrected chi connectivity index (χ3v) is 6.82. The summed E-state index contributed by atoms with van der Waals surface area (Å²) in [5.74, 6) is -0.314. The molecule has 1 amide bonds. The molecule has 0 bridgehead atoms. The van der Waals surface area contributed by atoms with E-state index in [-0.39, 0.29) is 5.57 Å². The van der Waals surface area contributed by atoms with Crippen LogP contribution in [0.3, 0.4) is 0 Å². The second-order valence-corrected chi connectivity index (χ2v) is 8.88. The fourth-order valence-electron chi connectivity index (χ4n) is 4.83. The number of hydrogen-bond donors (Lipinski definition) is 1. The molecule has 192 valence electrons. The highest BCUT2D eigenvalue weighted by atomic mass is 16.5. The molecule has 0 spiro atoms. The van der Waals surface area contributed by atoms with Gasteiger partial charge in [-0.2, -0.15) is 0 Å². The molecule has 1 unspecified atom stereocenters. The molecular weight excluding hydrogens is 464 g/mol. The summed E-state index contributed by atoms with van der Waals surface area (Å²) in [5.41, 5.74) is 1.64. The molecule has 4 rings (SSSR count). The normalized spacial score (nSPS) is 20.0. The number of carbonyl (C=O) groups excluding carboxylic acids is 2. The summed E-state index contributed by atoms with van der Waals surface area (Å²) < 4.78 is 21.6. The van der Waals surface area contributed by atoms with Crippen LogP contribution in [0.1, 0.15) is 22.7 Å². The molecule has 0 radical (unpaired) electrons. The zero-order chi connectivity index (χ0) is 25.8. The van der Waals surface area contributed by atoms with E-state index in [4.69, 9.17) is 18.9 Å². The number of nitrogens with one attached hydrogen (secondary N) is 1. The highest BCUT2D eigenvalue weighted by molar-refractivity contribution is 6.46. The Morgan fingerprint density at radius 2 is 1.67 bits per heavy atom. The van der Waals surface area contributed by atoms with Gasteiger partial charge in [-0.25, -0.2) is 0 Å². The Labute approximate surface area is 210 Å². The van der Waals surface area contributed by atoms with Crippen molar-refractivity contribution in [2.75, 3.05) is 60.7 Å². The van der Waals surface area contributed by atoms with E-state index in [1.165, 1.54) is 24.0 Å². The Hall–Kier alpha value is -3.56. The standard InChI is InChI=1S/C27H32N2O7/c1-17-15-19(6-7-20(17)33-2)25(30)23-24(18-5-8-21(34-3)22(16-18)35-4)29(27(32)26(23)31)10-9-28-11-13-36-14-12-28/h5-8,15-16,24,30H,9-14H2,1-4H3/b25-23+. The van der Waals surface area contributed by atoms with Crippen molar-refractivity contribution >= 4 is 17.4 Å². The SMILES string of the molecule is COc1ccc(/C([O-])=C2\C(=O)C(=O)N(CC[NH+]3CCOCC3)C2c2ccc(OC)c(OC)c2)cc1C. The number of Topliss-reactive ketones (excluding diaryl/α,β-unsaturated/α-hetero) is 1. The van der Waals surface area contributed by atoms with Gasteiger partial charge in [0.05, 0.1) is 53.7 Å². The minimum atomic E-state index is -0.833. The summed E-state index contributed by atoms with van der Waals surface area (Å²) in [7, 11) is 4.60. The number of likely N-dealkylation sites (tertiary alicyclic amines) is 1. The van der Waals surface area contributed by atoms with Crippen LogP contribution in [-0.4, -0.2) is 77.3 Å². The first kappa shape index (κ1) is 25.5. The van der Waals surface area contributed by atoms with Crippen molar-refractivity contribution < 1.29 is 38.5 Å². The molecular formula is C27H32N2O7. The number of hydrogen-bond acceptors (Lipinski definition) is 7. The number of ketones is 1. The van der Waals surface area contributed by atoms with Crippen LogP contribution in [0.4, 0.5) is 0 Å². The van der Waals surface area contributed by atoms with Crippen LogP contribution in [0.25, 0.3) is 5.76 Å². The maximum Gasteiger partial charge on any atom is 0.295 e. The molecule has 0 aromatic heterocycles. The second kappa shape index (κ2) is 11.0. The molecule has 9 heteroatoms. The van der Waals surface area contributed by atoms with Gasteiger partial charge in [-0.05, 0) is 47.9 Å². The van der Waals surface area contributed by atoms with Gasteiger partial charge in [-0.3, -0.25) is 9.59 Å². The molecule has 0 saturated carbocycles. The van der Waals surface area contributed by atoms with Crippen molar-refractivity contribution in [1.29, 1.82) is 0 Å². The van der Waals surface area contributed by atoms with Crippen LogP contribution < -0.4 is 24.2 Å². The lowest BCUT2D eigenvalue weighted by molar-refractivity contribution is -0.907. The molecule has 9 nitrogen and oxygen atoms in total. The Morgan fingerprint density at radius 1 is 1.00 bits per heavy atom. The summed E-state index contributed by atoms with van der Waals surface area (Å²) in [6.07, 6.45) is 0. The van der Waals surface area contributed by atoms with Crippen LogP contribution in [0, 0.1) is 6.92 Å². The van der Waals surface area contributed by atoms with Crippen molar-refractivity contribution in [1.82, 2.24) is 4.90 Å². The molecule has 2 aromatic carbocycles. The summed E-state index contributed by atoms with van der Waals surface area (Å²) in [6.45, 7) is 5.79. The fourth-order valence-corrected chi connectivity index (χ4v) is 4.83. The maximum atomic E-state index is 13.7. The van der Waals surface area contributed by atoms with E-state index < -0.39 is 23.5 Å². The summed E-state index contributed by atoms with van der Waals surface area (Å²) >= 11 is 0. The maximum absolute atomic E-state index is 13.7. The Bertz CT molecular complexity index is 1170. The molecule has 2 heterocycles. The van der Waals surface area contributed by atoms with Gasteiger partial charge in [0.1, 0.15) is 18.8 Å². The molecule has 1 N–H and O–H groups in total. The van der Waals surface area contributed by atoms with Gasteiger partial charge in [0.2, 0.25) is 5.78 Å². The van der Waals surface area contributed by atoms with Gasteiger partial charge in [0.25, 0.3) is 5.91 Å². The van der Waals surface area contributed by atoms with E-state index in [2.05, 4.69) is 0 Å². The topological polar surface area (TPSA) is 102 Å². The van der Waals surface area contributed by atoms with Crippen LogP contribution >= 0.6 is 0 Å². The second-order valence-electron chi connectivity index (χ2n) is 8.88. The van der Waals surface area contributed by atoms with E-state index in [0.717, 1.165) is 18.7 Å².